The normalized spacial score (nSPS) is 13.2. The summed E-state index contributed by atoms with van der Waals surface area (Å²) in [6.07, 6.45) is 59.9. The van der Waals surface area contributed by atoms with E-state index in [1.807, 2.05) is 6.08 Å². The summed E-state index contributed by atoms with van der Waals surface area (Å²) in [7, 11) is 0. The molecule has 0 aromatic carbocycles. The quantitative estimate of drug-likeness (QED) is 0.0430. The summed E-state index contributed by atoms with van der Waals surface area (Å²) in [5.74, 6) is -0.0724. The number of rotatable bonds is 43. The number of hydrogen-bond donors (Lipinski definition) is 3. The summed E-state index contributed by atoms with van der Waals surface area (Å²) >= 11 is 0. The lowest BCUT2D eigenvalue weighted by Gasteiger charge is -2.19. The molecule has 0 aliphatic rings. The topological polar surface area (TPSA) is 69.6 Å². The third kappa shape index (κ3) is 41.6. The molecular formula is C49H93NO3. The number of aliphatic hydroxyl groups excluding tert-OH is 2. The molecule has 2 atom stereocenters. The molecular weight excluding hydrogens is 651 g/mol. The Labute approximate surface area is 331 Å². The van der Waals surface area contributed by atoms with Crippen molar-refractivity contribution in [2.45, 2.75) is 264 Å². The third-order valence-corrected chi connectivity index (χ3v) is 10.8. The Bertz CT molecular complexity index is 806. The van der Waals surface area contributed by atoms with Gasteiger partial charge in [-0.3, -0.25) is 4.79 Å². The van der Waals surface area contributed by atoms with Gasteiger partial charge >= 0.3 is 0 Å². The highest BCUT2D eigenvalue weighted by Gasteiger charge is 2.17. The van der Waals surface area contributed by atoms with Crippen LogP contribution in [0.1, 0.15) is 251 Å². The predicted octanol–water partition coefficient (Wildman–Crippen LogP) is 15.0. The van der Waals surface area contributed by atoms with E-state index in [-0.39, 0.29) is 12.5 Å². The number of carbonyl (C=O) groups is 1. The molecule has 53 heavy (non-hydrogen) atoms. The van der Waals surface area contributed by atoms with Crippen molar-refractivity contribution in [1.82, 2.24) is 5.32 Å². The molecule has 0 bridgehead atoms. The Balaban J connectivity index is 3.47. The van der Waals surface area contributed by atoms with Crippen LogP contribution in [0.3, 0.4) is 0 Å². The first-order valence-corrected chi connectivity index (χ1v) is 23.7. The molecule has 3 N–H and O–H groups in total. The fourth-order valence-corrected chi connectivity index (χ4v) is 7.19. The van der Waals surface area contributed by atoms with Crippen molar-refractivity contribution >= 4 is 5.91 Å². The highest BCUT2D eigenvalue weighted by molar-refractivity contribution is 5.76. The van der Waals surface area contributed by atoms with E-state index in [1.54, 1.807) is 6.08 Å². The van der Waals surface area contributed by atoms with Gasteiger partial charge < -0.3 is 15.5 Å². The molecule has 0 spiro atoms. The van der Waals surface area contributed by atoms with Gasteiger partial charge in [0.25, 0.3) is 0 Å². The average Bonchev–Trinajstić information content (AvgIpc) is 3.16. The molecule has 0 saturated heterocycles. The van der Waals surface area contributed by atoms with Crippen LogP contribution in [0, 0.1) is 0 Å². The van der Waals surface area contributed by atoms with E-state index in [1.165, 1.54) is 199 Å². The van der Waals surface area contributed by atoms with E-state index < -0.39 is 12.1 Å². The summed E-state index contributed by atoms with van der Waals surface area (Å²) in [5.41, 5.74) is 0. The van der Waals surface area contributed by atoms with Crippen LogP contribution in [-0.2, 0) is 4.79 Å². The summed E-state index contributed by atoms with van der Waals surface area (Å²) in [5, 5.41) is 22.9. The maximum atomic E-state index is 12.4. The second-order valence-corrected chi connectivity index (χ2v) is 16.2. The molecule has 0 rings (SSSR count). The second-order valence-electron chi connectivity index (χ2n) is 16.2. The van der Waals surface area contributed by atoms with Crippen LogP contribution in [0.4, 0.5) is 0 Å². The van der Waals surface area contributed by atoms with Crippen molar-refractivity contribution < 1.29 is 15.0 Å². The summed E-state index contributed by atoms with van der Waals surface area (Å²) in [4.78, 5) is 12.4. The predicted molar refractivity (Wildman–Crippen MR) is 235 cm³/mol. The third-order valence-electron chi connectivity index (χ3n) is 10.8. The SMILES string of the molecule is CCCCCCCC/C=C/CC/C=C/C(O)C(CO)NC(=O)CCCCCCCCCCCCCCCCCCC/C=C\CCCCCCCCCC. The highest BCUT2D eigenvalue weighted by atomic mass is 16.3. The zero-order valence-electron chi connectivity index (χ0n) is 35.8. The Morgan fingerprint density at radius 3 is 1.09 bits per heavy atom. The Hall–Kier alpha value is -1.39. The van der Waals surface area contributed by atoms with Crippen molar-refractivity contribution in [3.8, 4) is 0 Å². The van der Waals surface area contributed by atoms with Crippen LogP contribution in [0.15, 0.2) is 36.5 Å². The number of hydrogen-bond acceptors (Lipinski definition) is 3. The standard InChI is InChI=1S/C49H93NO3/c1-3-5-7-9-11-13-15-17-18-19-20-21-22-23-24-25-26-27-28-29-30-31-32-33-35-37-39-41-43-45-49(53)50-47(46-51)48(52)44-42-40-38-36-34-16-14-12-10-8-6-4-2/h19-20,34,36,42,44,47-48,51-52H,3-18,21-33,35,37-41,43,45-46H2,1-2H3,(H,50,53)/b20-19-,36-34+,44-42+. The van der Waals surface area contributed by atoms with Crippen molar-refractivity contribution in [1.29, 1.82) is 0 Å². The molecule has 0 saturated carbocycles. The number of carbonyl (C=O) groups excluding carboxylic acids is 1. The van der Waals surface area contributed by atoms with Crippen molar-refractivity contribution in [3.63, 3.8) is 0 Å². The van der Waals surface area contributed by atoms with Crippen LogP contribution in [0.2, 0.25) is 0 Å². The van der Waals surface area contributed by atoms with Gasteiger partial charge in [0.2, 0.25) is 5.91 Å². The van der Waals surface area contributed by atoms with Gasteiger partial charge in [0.15, 0.2) is 0 Å². The molecule has 0 radical (unpaired) electrons. The maximum absolute atomic E-state index is 12.4. The van der Waals surface area contributed by atoms with E-state index in [4.69, 9.17) is 0 Å². The van der Waals surface area contributed by atoms with Crippen LogP contribution in [0.25, 0.3) is 0 Å². The van der Waals surface area contributed by atoms with Crippen LogP contribution < -0.4 is 5.32 Å². The minimum absolute atomic E-state index is 0.0724. The highest BCUT2D eigenvalue weighted by Crippen LogP contribution is 2.16. The summed E-state index contributed by atoms with van der Waals surface area (Å²) < 4.78 is 0. The first-order valence-electron chi connectivity index (χ1n) is 23.7. The lowest BCUT2D eigenvalue weighted by molar-refractivity contribution is -0.123. The number of allylic oxidation sites excluding steroid dienone is 5. The van der Waals surface area contributed by atoms with E-state index in [0.29, 0.717) is 6.42 Å². The maximum Gasteiger partial charge on any atom is 0.220 e. The van der Waals surface area contributed by atoms with Gasteiger partial charge in [-0.1, -0.05) is 224 Å². The van der Waals surface area contributed by atoms with Gasteiger partial charge in [0.1, 0.15) is 0 Å². The van der Waals surface area contributed by atoms with Gasteiger partial charge in [0.05, 0.1) is 18.8 Å². The first kappa shape index (κ1) is 51.6. The Morgan fingerprint density at radius 2 is 0.736 bits per heavy atom. The van der Waals surface area contributed by atoms with Gasteiger partial charge in [-0.05, 0) is 57.8 Å². The van der Waals surface area contributed by atoms with Crippen molar-refractivity contribution in [2.24, 2.45) is 0 Å². The molecule has 4 nitrogen and oxygen atoms in total. The first-order chi connectivity index (χ1) is 26.2. The van der Waals surface area contributed by atoms with E-state index in [2.05, 4.69) is 43.5 Å². The van der Waals surface area contributed by atoms with Crippen LogP contribution in [-0.4, -0.2) is 34.9 Å². The van der Waals surface area contributed by atoms with Gasteiger partial charge in [-0.15, -0.1) is 0 Å². The molecule has 0 fully saturated rings. The zero-order valence-corrected chi connectivity index (χ0v) is 35.8. The van der Waals surface area contributed by atoms with Crippen molar-refractivity contribution in [2.75, 3.05) is 6.61 Å². The average molecular weight is 744 g/mol. The minimum Gasteiger partial charge on any atom is -0.394 e. The second kappa shape index (κ2) is 45.0. The lowest BCUT2D eigenvalue weighted by atomic mass is 10.0. The lowest BCUT2D eigenvalue weighted by Crippen LogP contribution is -2.45. The Morgan fingerprint density at radius 1 is 0.434 bits per heavy atom. The summed E-state index contributed by atoms with van der Waals surface area (Å²) in [6, 6.07) is -0.635. The van der Waals surface area contributed by atoms with Crippen LogP contribution in [0.5, 0.6) is 0 Å². The number of aliphatic hydroxyl groups is 2. The molecule has 0 aromatic heterocycles. The van der Waals surface area contributed by atoms with Gasteiger partial charge in [-0.25, -0.2) is 0 Å². The minimum atomic E-state index is -0.859. The van der Waals surface area contributed by atoms with Gasteiger partial charge in [-0.2, -0.15) is 0 Å². The smallest absolute Gasteiger partial charge is 0.220 e. The Kier molecular flexibility index (Phi) is 43.8. The summed E-state index contributed by atoms with van der Waals surface area (Å²) in [6.45, 7) is 4.29. The van der Waals surface area contributed by atoms with E-state index in [0.717, 1.165) is 32.1 Å². The number of nitrogens with one attached hydrogen (secondary N) is 1. The molecule has 0 aliphatic heterocycles. The monoisotopic (exact) mass is 744 g/mol. The van der Waals surface area contributed by atoms with E-state index in [9.17, 15) is 15.0 Å². The molecule has 1 amide bonds. The number of amides is 1. The molecule has 2 unspecified atom stereocenters. The molecule has 0 aliphatic carbocycles. The molecule has 4 heteroatoms. The number of unbranched alkanes of at least 4 members (excludes halogenated alkanes) is 32. The molecule has 0 aromatic rings. The van der Waals surface area contributed by atoms with E-state index >= 15 is 0 Å². The fraction of sp³-hybridized carbons (Fsp3) is 0.857. The largest absolute Gasteiger partial charge is 0.394 e. The fourth-order valence-electron chi connectivity index (χ4n) is 7.19. The van der Waals surface area contributed by atoms with Crippen molar-refractivity contribution in [3.05, 3.63) is 36.5 Å². The van der Waals surface area contributed by atoms with Gasteiger partial charge in [0, 0.05) is 6.42 Å². The van der Waals surface area contributed by atoms with Crippen LogP contribution >= 0.6 is 0 Å². The zero-order chi connectivity index (χ0) is 38.6. The molecule has 0 heterocycles. The molecule has 312 valence electrons.